The van der Waals surface area contributed by atoms with E-state index >= 15 is 0 Å². The monoisotopic (exact) mass is 376 g/mol. The number of amides is 2. The molecule has 0 radical (unpaired) electrons. The number of halogens is 1. The third-order valence-electron chi connectivity index (χ3n) is 4.25. The summed E-state index contributed by atoms with van der Waals surface area (Å²) in [4.78, 5) is 12.3. The standard InChI is InChI=1S/C20H25ClN2O3/c1-13-6-8-14(9-7-13)20(2,3)12-22-19(24)23-16-11-17(25-4)15(21)10-18(16)26-5/h6-11H,12H2,1-5H3,(H2,22,23,24). The molecule has 2 aromatic rings. The number of urea groups is 1. The van der Waals surface area contributed by atoms with Gasteiger partial charge in [-0.05, 0) is 12.5 Å². The van der Waals surface area contributed by atoms with E-state index in [1.165, 1.54) is 19.8 Å². The van der Waals surface area contributed by atoms with E-state index in [1.54, 1.807) is 12.1 Å². The summed E-state index contributed by atoms with van der Waals surface area (Å²) in [5.74, 6) is 0.923. The van der Waals surface area contributed by atoms with Crippen molar-refractivity contribution >= 4 is 23.3 Å². The molecular formula is C20H25ClN2O3. The number of anilines is 1. The Kier molecular flexibility index (Phi) is 6.37. The second-order valence-electron chi connectivity index (χ2n) is 6.74. The number of carbonyl (C=O) groups is 1. The SMILES string of the molecule is COc1cc(NC(=O)NCC(C)(C)c2ccc(C)cc2)c(OC)cc1Cl. The van der Waals surface area contributed by atoms with E-state index in [4.69, 9.17) is 21.1 Å². The van der Waals surface area contributed by atoms with Crippen LogP contribution in [-0.4, -0.2) is 26.8 Å². The molecule has 26 heavy (non-hydrogen) atoms. The number of carbonyl (C=O) groups excluding carboxylic acids is 1. The Bertz CT molecular complexity index is 773. The van der Waals surface area contributed by atoms with Gasteiger partial charge in [-0.2, -0.15) is 0 Å². The predicted molar refractivity (Wildman–Crippen MR) is 106 cm³/mol. The predicted octanol–water partition coefficient (Wildman–Crippen LogP) is 4.76. The van der Waals surface area contributed by atoms with Gasteiger partial charge in [0.05, 0.1) is 24.9 Å². The summed E-state index contributed by atoms with van der Waals surface area (Å²) in [7, 11) is 3.03. The van der Waals surface area contributed by atoms with Crippen LogP contribution in [0.15, 0.2) is 36.4 Å². The summed E-state index contributed by atoms with van der Waals surface area (Å²) < 4.78 is 10.5. The van der Waals surface area contributed by atoms with E-state index in [-0.39, 0.29) is 11.4 Å². The fourth-order valence-electron chi connectivity index (χ4n) is 2.53. The normalized spacial score (nSPS) is 11.0. The Labute approximate surface area is 159 Å². The fraction of sp³-hybridized carbons (Fsp3) is 0.350. The molecule has 140 valence electrons. The van der Waals surface area contributed by atoms with Gasteiger partial charge in [0.15, 0.2) is 0 Å². The van der Waals surface area contributed by atoms with Crippen LogP contribution in [0.3, 0.4) is 0 Å². The first kappa shape index (κ1) is 19.9. The third-order valence-corrected chi connectivity index (χ3v) is 4.54. The number of benzene rings is 2. The van der Waals surface area contributed by atoms with Crippen molar-refractivity contribution in [2.75, 3.05) is 26.1 Å². The lowest BCUT2D eigenvalue weighted by molar-refractivity contribution is 0.249. The number of nitrogens with one attached hydrogen (secondary N) is 2. The molecule has 2 amide bonds. The molecule has 2 N–H and O–H groups in total. The summed E-state index contributed by atoms with van der Waals surface area (Å²) in [6, 6.07) is 11.2. The molecule has 0 aliphatic heterocycles. The molecule has 0 spiro atoms. The van der Waals surface area contributed by atoms with Crippen LogP contribution in [0.2, 0.25) is 5.02 Å². The molecule has 0 saturated heterocycles. The van der Waals surface area contributed by atoms with E-state index in [0.29, 0.717) is 28.8 Å². The molecule has 0 fully saturated rings. The number of methoxy groups -OCH3 is 2. The zero-order valence-electron chi connectivity index (χ0n) is 15.8. The van der Waals surface area contributed by atoms with Crippen molar-refractivity contribution in [3.8, 4) is 11.5 Å². The van der Waals surface area contributed by atoms with Crippen LogP contribution < -0.4 is 20.1 Å². The van der Waals surface area contributed by atoms with E-state index in [9.17, 15) is 4.79 Å². The molecule has 5 nitrogen and oxygen atoms in total. The highest BCUT2D eigenvalue weighted by Crippen LogP contribution is 2.35. The minimum absolute atomic E-state index is 0.202. The molecule has 0 bridgehead atoms. The molecule has 0 aromatic heterocycles. The Balaban J connectivity index is 2.06. The van der Waals surface area contributed by atoms with Gasteiger partial charge in [-0.1, -0.05) is 55.3 Å². The third kappa shape index (κ3) is 4.82. The molecule has 2 rings (SSSR count). The van der Waals surface area contributed by atoms with Gasteiger partial charge in [0.1, 0.15) is 11.5 Å². The van der Waals surface area contributed by atoms with E-state index < -0.39 is 0 Å². The topological polar surface area (TPSA) is 59.6 Å². The maximum Gasteiger partial charge on any atom is 0.319 e. The summed E-state index contributed by atoms with van der Waals surface area (Å²) >= 11 is 6.08. The van der Waals surface area contributed by atoms with Gasteiger partial charge in [-0.15, -0.1) is 0 Å². The second-order valence-corrected chi connectivity index (χ2v) is 7.15. The van der Waals surface area contributed by atoms with Crippen molar-refractivity contribution in [1.82, 2.24) is 5.32 Å². The number of aryl methyl sites for hydroxylation is 1. The van der Waals surface area contributed by atoms with Crippen molar-refractivity contribution in [1.29, 1.82) is 0 Å². The Hall–Kier alpha value is -2.40. The summed E-state index contributed by atoms with van der Waals surface area (Å²) in [6.07, 6.45) is 0. The highest BCUT2D eigenvalue weighted by Gasteiger charge is 2.22. The summed E-state index contributed by atoms with van der Waals surface area (Å²) in [5.41, 5.74) is 2.65. The van der Waals surface area contributed by atoms with Gasteiger partial charge < -0.3 is 20.1 Å². The van der Waals surface area contributed by atoms with Gasteiger partial charge in [-0.3, -0.25) is 0 Å². The van der Waals surface area contributed by atoms with Gasteiger partial charge in [0.2, 0.25) is 0 Å². The lowest BCUT2D eigenvalue weighted by Crippen LogP contribution is -2.39. The minimum atomic E-state index is -0.326. The van der Waals surface area contributed by atoms with Crippen LogP contribution in [-0.2, 0) is 5.41 Å². The summed E-state index contributed by atoms with van der Waals surface area (Å²) in [6.45, 7) is 6.71. The van der Waals surface area contributed by atoms with Crippen molar-refractivity contribution in [2.24, 2.45) is 0 Å². The molecule has 0 aliphatic rings. The van der Waals surface area contributed by atoms with Crippen LogP contribution in [0.1, 0.15) is 25.0 Å². The number of ether oxygens (including phenoxy) is 2. The lowest BCUT2D eigenvalue weighted by atomic mass is 9.84. The average Bonchev–Trinajstić information content (AvgIpc) is 2.61. The van der Waals surface area contributed by atoms with Crippen molar-refractivity contribution in [2.45, 2.75) is 26.2 Å². The molecule has 2 aromatic carbocycles. The van der Waals surface area contributed by atoms with Crippen molar-refractivity contribution < 1.29 is 14.3 Å². The van der Waals surface area contributed by atoms with Crippen LogP contribution in [0.25, 0.3) is 0 Å². The van der Waals surface area contributed by atoms with Crippen LogP contribution in [0.5, 0.6) is 11.5 Å². The first-order valence-corrected chi connectivity index (χ1v) is 8.68. The maximum atomic E-state index is 12.3. The fourth-order valence-corrected chi connectivity index (χ4v) is 2.76. The number of hydrogen-bond acceptors (Lipinski definition) is 3. The smallest absolute Gasteiger partial charge is 0.319 e. The first-order chi connectivity index (χ1) is 12.3. The largest absolute Gasteiger partial charge is 0.495 e. The van der Waals surface area contributed by atoms with Crippen LogP contribution in [0.4, 0.5) is 10.5 Å². The highest BCUT2D eigenvalue weighted by molar-refractivity contribution is 6.32. The Morgan fingerprint density at radius 3 is 2.27 bits per heavy atom. The quantitative estimate of drug-likeness (QED) is 0.763. The molecule has 6 heteroatoms. The molecule has 0 atom stereocenters. The lowest BCUT2D eigenvalue weighted by Gasteiger charge is -2.26. The number of hydrogen-bond donors (Lipinski definition) is 2. The number of rotatable bonds is 6. The van der Waals surface area contributed by atoms with E-state index in [0.717, 1.165) is 5.56 Å². The van der Waals surface area contributed by atoms with Crippen LogP contribution in [0, 0.1) is 6.92 Å². The van der Waals surface area contributed by atoms with Gasteiger partial charge in [0.25, 0.3) is 0 Å². The molecular weight excluding hydrogens is 352 g/mol. The molecule has 0 unspecified atom stereocenters. The van der Waals surface area contributed by atoms with Crippen molar-refractivity contribution in [3.05, 3.63) is 52.5 Å². The Morgan fingerprint density at radius 2 is 1.69 bits per heavy atom. The minimum Gasteiger partial charge on any atom is -0.495 e. The average molecular weight is 377 g/mol. The zero-order chi connectivity index (χ0) is 19.3. The van der Waals surface area contributed by atoms with Crippen LogP contribution >= 0.6 is 11.6 Å². The summed E-state index contributed by atoms with van der Waals surface area (Å²) in [5, 5.41) is 6.10. The molecule has 0 aliphatic carbocycles. The van der Waals surface area contributed by atoms with E-state index in [2.05, 4.69) is 55.7 Å². The Morgan fingerprint density at radius 1 is 1.08 bits per heavy atom. The maximum absolute atomic E-state index is 12.3. The highest BCUT2D eigenvalue weighted by atomic mass is 35.5. The van der Waals surface area contributed by atoms with Crippen molar-refractivity contribution in [3.63, 3.8) is 0 Å². The van der Waals surface area contributed by atoms with Gasteiger partial charge >= 0.3 is 6.03 Å². The van der Waals surface area contributed by atoms with Gasteiger partial charge in [-0.25, -0.2) is 4.79 Å². The molecule has 0 heterocycles. The van der Waals surface area contributed by atoms with Gasteiger partial charge in [0, 0.05) is 24.1 Å². The second kappa shape index (κ2) is 8.32. The zero-order valence-corrected chi connectivity index (χ0v) is 16.5. The van der Waals surface area contributed by atoms with E-state index in [1.807, 2.05) is 0 Å². The molecule has 0 saturated carbocycles. The first-order valence-electron chi connectivity index (χ1n) is 8.30.